The Balaban J connectivity index is 1.77. The molecule has 0 aromatic heterocycles. The molecule has 1 amide bonds. The van der Waals surface area contributed by atoms with Crippen molar-refractivity contribution < 1.29 is 9.53 Å². The van der Waals surface area contributed by atoms with Gasteiger partial charge in [-0.15, -0.1) is 0 Å². The fourth-order valence-electron chi connectivity index (χ4n) is 2.67. The highest BCUT2D eigenvalue weighted by atomic mass is 16.5. The number of anilines is 1. The summed E-state index contributed by atoms with van der Waals surface area (Å²) in [6.07, 6.45) is 3.11. The van der Waals surface area contributed by atoms with Gasteiger partial charge in [-0.3, -0.25) is 4.79 Å². The normalized spacial score (nSPS) is 19.6. The third-order valence-corrected chi connectivity index (χ3v) is 3.75. The van der Waals surface area contributed by atoms with Gasteiger partial charge in [0.15, 0.2) is 0 Å². The second-order valence-corrected chi connectivity index (χ2v) is 5.58. The molecule has 20 heavy (non-hydrogen) atoms. The number of rotatable bonds is 5. The van der Waals surface area contributed by atoms with Gasteiger partial charge >= 0.3 is 0 Å². The van der Waals surface area contributed by atoms with E-state index in [-0.39, 0.29) is 5.91 Å². The average molecular weight is 276 g/mol. The summed E-state index contributed by atoms with van der Waals surface area (Å²) in [5.74, 6) is 1.58. The van der Waals surface area contributed by atoms with Crippen LogP contribution < -0.4 is 10.1 Å². The quantitative estimate of drug-likeness (QED) is 0.899. The first-order valence-electron chi connectivity index (χ1n) is 7.33. The second kappa shape index (κ2) is 7.29. The van der Waals surface area contributed by atoms with Crippen molar-refractivity contribution >= 4 is 11.6 Å². The summed E-state index contributed by atoms with van der Waals surface area (Å²) in [5.41, 5.74) is 0.793. The first-order valence-corrected chi connectivity index (χ1v) is 7.33. The number of nitrogens with one attached hydrogen (secondary N) is 1. The molecule has 0 bridgehead atoms. The third kappa shape index (κ3) is 4.53. The van der Waals surface area contributed by atoms with Crippen LogP contribution in [0.25, 0.3) is 0 Å². The van der Waals surface area contributed by atoms with Crippen molar-refractivity contribution in [3.8, 4) is 5.75 Å². The zero-order chi connectivity index (χ0) is 14.4. The number of ether oxygens (including phenoxy) is 1. The second-order valence-electron chi connectivity index (χ2n) is 5.58. The van der Waals surface area contributed by atoms with Crippen LogP contribution in [0.2, 0.25) is 0 Å². The molecule has 1 fully saturated rings. The molecule has 0 saturated carbocycles. The van der Waals surface area contributed by atoms with Crippen molar-refractivity contribution in [3.63, 3.8) is 0 Å². The van der Waals surface area contributed by atoms with Gasteiger partial charge in [-0.05, 0) is 37.4 Å². The molecule has 110 valence electrons. The van der Waals surface area contributed by atoms with E-state index in [0.29, 0.717) is 6.42 Å². The van der Waals surface area contributed by atoms with Gasteiger partial charge in [-0.1, -0.05) is 13.0 Å². The zero-order valence-corrected chi connectivity index (χ0v) is 12.4. The van der Waals surface area contributed by atoms with E-state index in [1.807, 2.05) is 24.3 Å². The number of hydrogen-bond acceptors (Lipinski definition) is 3. The van der Waals surface area contributed by atoms with E-state index in [2.05, 4.69) is 17.1 Å². The van der Waals surface area contributed by atoms with Crippen LogP contribution in [-0.2, 0) is 4.79 Å². The summed E-state index contributed by atoms with van der Waals surface area (Å²) in [6, 6.07) is 7.45. The number of amides is 1. The van der Waals surface area contributed by atoms with Crippen molar-refractivity contribution in [2.75, 3.05) is 32.1 Å². The number of likely N-dealkylation sites (tertiary alicyclic amines) is 1. The Bertz CT molecular complexity index is 448. The van der Waals surface area contributed by atoms with Crippen LogP contribution in [0.1, 0.15) is 26.2 Å². The van der Waals surface area contributed by atoms with Crippen LogP contribution in [-0.4, -0.2) is 37.6 Å². The Kier molecular flexibility index (Phi) is 5.41. The van der Waals surface area contributed by atoms with E-state index in [9.17, 15) is 4.79 Å². The smallest absolute Gasteiger partial charge is 0.225 e. The third-order valence-electron chi connectivity index (χ3n) is 3.75. The van der Waals surface area contributed by atoms with E-state index in [1.54, 1.807) is 7.11 Å². The Hall–Kier alpha value is -1.55. The van der Waals surface area contributed by atoms with Gasteiger partial charge < -0.3 is 15.0 Å². The monoisotopic (exact) mass is 276 g/mol. The van der Waals surface area contributed by atoms with Gasteiger partial charge in [0.2, 0.25) is 5.91 Å². The number of carbonyl (C=O) groups excluding carboxylic acids is 1. The van der Waals surface area contributed by atoms with Crippen LogP contribution in [0.3, 0.4) is 0 Å². The van der Waals surface area contributed by atoms with Crippen molar-refractivity contribution in [2.45, 2.75) is 26.2 Å². The Morgan fingerprint density at radius 1 is 1.50 bits per heavy atom. The number of carbonyl (C=O) groups is 1. The SMILES string of the molecule is COc1cccc(NC(=O)CCN2CCC[C@H](C)C2)c1. The van der Waals surface area contributed by atoms with E-state index in [1.165, 1.54) is 12.8 Å². The first kappa shape index (κ1) is 14.9. The largest absolute Gasteiger partial charge is 0.497 e. The molecule has 0 spiro atoms. The molecule has 1 aliphatic heterocycles. The van der Waals surface area contributed by atoms with Crippen LogP contribution in [0, 0.1) is 5.92 Å². The highest BCUT2D eigenvalue weighted by Gasteiger charge is 2.16. The molecule has 1 heterocycles. The Labute approximate surface area is 121 Å². The maximum atomic E-state index is 12.0. The van der Waals surface area contributed by atoms with Gasteiger partial charge in [0.05, 0.1) is 7.11 Å². The minimum atomic E-state index is 0.0662. The van der Waals surface area contributed by atoms with Crippen LogP contribution in [0.5, 0.6) is 5.75 Å². The lowest BCUT2D eigenvalue weighted by atomic mass is 10.0. The van der Waals surface area contributed by atoms with Gasteiger partial charge in [0.25, 0.3) is 0 Å². The summed E-state index contributed by atoms with van der Waals surface area (Å²) in [4.78, 5) is 14.3. The molecule has 0 aliphatic carbocycles. The molecule has 1 aromatic rings. The Morgan fingerprint density at radius 2 is 2.35 bits per heavy atom. The highest BCUT2D eigenvalue weighted by molar-refractivity contribution is 5.90. The standard InChI is InChI=1S/C16H24N2O2/c1-13-5-4-9-18(12-13)10-8-16(19)17-14-6-3-7-15(11-14)20-2/h3,6-7,11,13H,4-5,8-10,12H2,1-2H3,(H,17,19)/t13-/m0/s1. The van der Waals surface area contributed by atoms with E-state index < -0.39 is 0 Å². The predicted octanol–water partition coefficient (Wildman–Crippen LogP) is 2.76. The highest BCUT2D eigenvalue weighted by Crippen LogP contribution is 2.18. The van der Waals surface area contributed by atoms with Crippen LogP contribution in [0.15, 0.2) is 24.3 Å². The average Bonchev–Trinajstić information content (AvgIpc) is 2.45. The summed E-state index contributed by atoms with van der Waals surface area (Å²) >= 11 is 0. The topological polar surface area (TPSA) is 41.6 Å². The number of hydrogen-bond donors (Lipinski definition) is 1. The summed E-state index contributed by atoms with van der Waals surface area (Å²) < 4.78 is 5.14. The van der Waals surface area contributed by atoms with Crippen LogP contribution in [0.4, 0.5) is 5.69 Å². The van der Waals surface area contributed by atoms with Crippen molar-refractivity contribution in [3.05, 3.63) is 24.3 Å². The van der Waals surface area contributed by atoms with E-state index >= 15 is 0 Å². The number of nitrogens with zero attached hydrogens (tertiary/aromatic N) is 1. The molecule has 0 unspecified atom stereocenters. The van der Waals surface area contributed by atoms with Crippen molar-refractivity contribution in [2.24, 2.45) is 5.92 Å². The molecule has 1 aliphatic rings. The predicted molar refractivity (Wildman–Crippen MR) is 81.1 cm³/mol. The summed E-state index contributed by atoms with van der Waals surface area (Å²) in [5, 5.41) is 2.92. The Morgan fingerprint density at radius 3 is 3.10 bits per heavy atom. The molecule has 1 saturated heterocycles. The molecule has 4 nitrogen and oxygen atoms in total. The fourth-order valence-corrected chi connectivity index (χ4v) is 2.67. The lowest BCUT2D eigenvalue weighted by Crippen LogP contribution is -2.36. The first-order chi connectivity index (χ1) is 9.67. The maximum Gasteiger partial charge on any atom is 0.225 e. The molecule has 1 aromatic carbocycles. The lowest BCUT2D eigenvalue weighted by Gasteiger charge is -2.30. The molecule has 1 N–H and O–H groups in total. The minimum Gasteiger partial charge on any atom is -0.497 e. The van der Waals surface area contributed by atoms with E-state index in [4.69, 9.17) is 4.74 Å². The van der Waals surface area contributed by atoms with Crippen molar-refractivity contribution in [1.82, 2.24) is 4.90 Å². The van der Waals surface area contributed by atoms with Crippen molar-refractivity contribution in [1.29, 1.82) is 0 Å². The molecule has 2 rings (SSSR count). The zero-order valence-electron chi connectivity index (χ0n) is 12.4. The summed E-state index contributed by atoms with van der Waals surface area (Å²) in [6.45, 7) is 5.37. The van der Waals surface area contributed by atoms with Gasteiger partial charge in [0, 0.05) is 31.3 Å². The van der Waals surface area contributed by atoms with Gasteiger partial charge in [-0.25, -0.2) is 0 Å². The fraction of sp³-hybridized carbons (Fsp3) is 0.562. The molecular formula is C16H24N2O2. The van der Waals surface area contributed by atoms with E-state index in [0.717, 1.165) is 37.0 Å². The minimum absolute atomic E-state index is 0.0662. The number of piperidine rings is 1. The van der Waals surface area contributed by atoms with Crippen LogP contribution >= 0.6 is 0 Å². The maximum absolute atomic E-state index is 12.0. The summed E-state index contributed by atoms with van der Waals surface area (Å²) in [7, 11) is 1.62. The number of methoxy groups -OCH3 is 1. The lowest BCUT2D eigenvalue weighted by molar-refractivity contribution is -0.116. The van der Waals surface area contributed by atoms with Gasteiger partial charge in [0.1, 0.15) is 5.75 Å². The molecule has 0 radical (unpaired) electrons. The number of benzene rings is 1. The molecular weight excluding hydrogens is 252 g/mol. The molecule has 4 heteroatoms. The van der Waals surface area contributed by atoms with Gasteiger partial charge in [-0.2, -0.15) is 0 Å². The molecule has 1 atom stereocenters.